The number of hydrogen-bond acceptors (Lipinski definition) is 2. The van der Waals surface area contributed by atoms with Gasteiger partial charge in [0, 0.05) is 12.1 Å². The van der Waals surface area contributed by atoms with Gasteiger partial charge in [0.25, 0.3) is 0 Å². The highest BCUT2D eigenvalue weighted by atomic mass is 15.1. The van der Waals surface area contributed by atoms with E-state index in [-0.39, 0.29) is 0 Å². The normalized spacial score (nSPS) is 35.3. The standard InChI is InChI=1S/C16H32N2/c1-3-14-8-5-6-10-16(14)17-15-9-7-12-18(4-2)13-11-15/h14-17H,3-13H2,1-2H3. The van der Waals surface area contributed by atoms with Gasteiger partial charge in [-0.2, -0.15) is 0 Å². The molecule has 1 aliphatic heterocycles. The molecule has 0 aromatic carbocycles. The number of hydrogen-bond donors (Lipinski definition) is 1. The summed E-state index contributed by atoms with van der Waals surface area (Å²) in [5.74, 6) is 0.948. The van der Waals surface area contributed by atoms with E-state index < -0.39 is 0 Å². The van der Waals surface area contributed by atoms with Crippen molar-refractivity contribution in [3.8, 4) is 0 Å². The van der Waals surface area contributed by atoms with Gasteiger partial charge in [0.1, 0.15) is 0 Å². The van der Waals surface area contributed by atoms with E-state index in [9.17, 15) is 0 Å². The second-order valence-electron chi connectivity index (χ2n) is 6.29. The van der Waals surface area contributed by atoms with Gasteiger partial charge in [0.15, 0.2) is 0 Å². The summed E-state index contributed by atoms with van der Waals surface area (Å²) >= 11 is 0. The van der Waals surface area contributed by atoms with Gasteiger partial charge in [-0.25, -0.2) is 0 Å². The van der Waals surface area contributed by atoms with Crippen molar-refractivity contribution < 1.29 is 0 Å². The highest BCUT2D eigenvalue weighted by molar-refractivity contribution is 4.85. The van der Waals surface area contributed by atoms with Crippen LogP contribution in [0.3, 0.4) is 0 Å². The maximum absolute atomic E-state index is 4.02. The molecule has 0 radical (unpaired) electrons. The number of nitrogens with zero attached hydrogens (tertiary/aromatic N) is 1. The van der Waals surface area contributed by atoms with E-state index in [0.717, 1.165) is 18.0 Å². The smallest absolute Gasteiger partial charge is 0.00978 e. The van der Waals surface area contributed by atoms with Crippen molar-refractivity contribution in [2.45, 2.75) is 77.3 Å². The first-order chi connectivity index (χ1) is 8.83. The lowest BCUT2D eigenvalue weighted by atomic mass is 9.82. The van der Waals surface area contributed by atoms with Gasteiger partial charge in [-0.05, 0) is 57.7 Å². The first kappa shape index (κ1) is 14.3. The van der Waals surface area contributed by atoms with Gasteiger partial charge in [0.2, 0.25) is 0 Å². The molecule has 0 aromatic heterocycles. The SMILES string of the molecule is CCC1CCCCC1NC1CCCN(CC)CC1. The van der Waals surface area contributed by atoms with Crippen LogP contribution in [0.2, 0.25) is 0 Å². The van der Waals surface area contributed by atoms with Crippen molar-refractivity contribution >= 4 is 0 Å². The molecule has 3 atom stereocenters. The van der Waals surface area contributed by atoms with E-state index in [1.165, 1.54) is 71.0 Å². The minimum Gasteiger partial charge on any atom is -0.311 e. The Hall–Kier alpha value is -0.0800. The van der Waals surface area contributed by atoms with Crippen molar-refractivity contribution in [2.24, 2.45) is 5.92 Å². The fourth-order valence-corrected chi connectivity index (χ4v) is 3.86. The summed E-state index contributed by atoms with van der Waals surface area (Å²) in [4.78, 5) is 2.61. The lowest BCUT2D eigenvalue weighted by Gasteiger charge is -2.34. The summed E-state index contributed by atoms with van der Waals surface area (Å²) in [5, 5.41) is 4.02. The summed E-state index contributed by atoms with van der Waals surface area (Å²) in [6.45, 7) is 8.51. The van der Waals surface area contributed by atoms with Gasteiger partial charge in [-0.1, -0.05) is 33.1 Å². The van der Waals surface area contributed by atoms with Crippen molar-refractivity contribution in [2.75, 3.05) is 19.6 Å². The Morgan fingerprint density at radius 2 is 1.78 bits per heavy atom. The lowest BCUT2D eigenvalue weighted by molar-refractivity contribution is 0.227. The fourth-order valence-electron chi connectivity index (χ4n) is 3.86. The minimum absolute atomic E-state index is 0.790. The van der Waals surface area contributed by atoms with E-state index in [1.807, 2.05) is 0 Å². The highest BCUT2D eigenvalue weighted by Crippen LogP contribution is 2.28. The summed E-state index contributed by atoms with van der Waals surface area (Å²) in [6.07, 6.45) is 11.3. The third kappa shape index (κ3) is 3.96. The molecule has 1 saturated carbocycles. The topological polar surface area (TPSA) is 15.3 Å². The van der Waals surface area contributed by atoms with Crippen LogP contribution in [0.1, 0.15) is 65.2 Å². The molecule has 2 aliphatic rings. The Morgan fingerprint density at radius 3 is 2.56 bits per heavy atom. The molecular formula is C16H32N2. The van der Waals surface area contributed by atoms with Gasteiger partial charge < -0.3 is 10.2 Å². The molecule has 18 heavy (non-hydrogen) atoms. The predicted octanol–water partition coefficient (Wildman–Crippen LogP) is 3.42. The van der Waals surface area contributed by atoms with Gasteiger partial charge in [0.05, 0.1) is 0 Å². The molecule has 0 amide bonds. The van der Waals surface area contributed by atoms with Crippen LogP contribution in [0.5, 0.6) is 0 Å². The Morgan fingerprint density at radius 1 is 0.944 bits per heavy atom. The molecule has 2 rings (SSSR count). The zero-order chi connectivity index (χ0) is 12.8. The van der Waals surface area contributed by atoms with Crippen LogP contribution in [0.25, 0.3) is 0 Å². The Labute approximate surface area is 114 Å². The maximum Gasteiger partial charge on any atom is 0.00978 e. The Balaban J connectivity index is 1.80. The second kappa shape index (κ2) is 7.49. The highest BCUT2D eigenvalue weighted by Gasteiger charge is 2.26. The van der Waals surface area contributed by atoms with E-state index in [1.54, 1.807) is 0 Å². The lowest BCUT2D eigenvalue weighted by Crippen LogP contribution is -2.44. The molecular weight excluding hydrogens is 220 g/mol. The molecule has 2 nitrogen and oxygen atoms in total. The van der Waals surface area contributed by atoms with Crippen LogP contribution in [0, 0.1) is 5.92 Å². The van der Waals surface area contributed by atoms with Crippen LogP contribution < -0.4 is 5.32 Å². The van der Waals surface area contributed by atoms with Crippen molar-refractivity contribution in [1.82, 2.24) is 10.2 Å². The molecule has 106 valence electrons. The van der Waals surface area contributed by atoms with Crippen molar-refractivity contribution in [3.05, 3.63) is 0 Å². The summed E-state index contributed by atoms with van der Waals surface area (Å²) in [6, 6.07) is 1.61. The largest absolute Gasteiger partial charge is 0.311 e. The van der Waals surface area contributed by atoms with Crippen LogP contribution in [-0.4, -0.2) is 36.6 Å². The predicted molar refractivity (Wildman–Crippen MR) is 78.9 cm³/mol. The number of nitrogens with one attached hydrogen (secondary N) is 1. The average Bonchev–Trinajstić information content (AvgIpc) is 2.64. The molecule has 1 aliphatic carbocycles. The zero-order valence-corrected chi connectivity index (χ0v) is 12.5. The van der Waals surface area contributed by atoms with Crippen molar-refractivity contribution in [1.29, 1.82) is 0 Å². The molecule has 3 unspecified atom stereocenters. The van der Waals surface area contributed by atoms with Crippen LogP contribution >= 0.6 is 0 Å². The van der Waals surface area contributed by atoms with E-state index in [4.69, 9.17) is 0 Å². The fraction of sp³-hybridized carbons (Fsp3) is 1.00. The second-order valence-corrected chi connectivity index (χ2v) is 6.29. The summed E-state index contributed by atoms with van der Waals surface area (Å²) < 4.78 is 0. The summed E-state index contributed by atoms with van der Waals surface area (Å²) in [5.41, 5.74) is 0. The zero-order valence-electron chi connectivity index (χ0n) is 12.5. The average molecular weight is 252 g/mol. The van der Waals surface area contributed by atoms with Gasteiger partial charge in [-0.15, -0.1) is 0 Å². The maximum atomic E-state index is 4.02. The van der Waals surface area contributed by atoms with Crippen LogP contribution in [0.15, 0.2) is 0 Å². The number of likely N-dealkylation sites (tertiary alicyclic amines) is 1. The molecule has 1 saturated heterocycles. The third-order valence-corrected chi connectivity index (χ3v) is 5.15. The molecule has 0 aromatic rings. The van der Waals surface area contributed by atoms with Gasteiger partial charge in [-0.3, -0.25) is 0 Å². The molecule has 2 fully saturated rings. The molecule has 0 spiro atoms. The Kier molecular flexibility index (Phi) is 5.97. The monoisotopic (exact) mass is 252 g/mol. The van der Waals surface area contributed by atoms with E-state index in [0.29, 0.717) is 0 Å². The Bertz CT molecular complexity index is 229. The van der Waals surface area contributed by atoms with Crippen molar-refractivity contribution in [3.63, 3.8) is 0 Å². The molecule has 2 heteroatoms. The molecule has 0 bridgehead atoms. The van der Waals surface area contributed by atoms with Crippen LogP contribution in [-0.2, 0) is 0 Å². The molecule has 1 N–H and O–H groups in total. The van der Waals surface area contributed by atoms with Crippen LogP contribution in [0.4, 0.5) is 0 Å². The third-order valence-electron chi connectivity index (χ3n) is 5.15. The van der Waals surface area contributed by atoms with E-state index >= 15 is 0 Å². The minimum atomic E-state index is 0.790. The number of rotatable bonds is 4. The first-order valence-corrected chi connectivity index (χ1v) is 8.31. The summed E-state index contributed by atoms with van der Waals surface area (Å²) in [7, 11) is 0. The first-order valence-electron chi connectivity index (χ1n) is 8.31. The van der Waals surface area contributed by atoms with E-state index in [2.05, 4.69) is 24.1 Å². The molecule has 1 heterocycles. The quantitative estimate of drug-likeness (QED) is 0.825. The van der Waals surface area contributed by atoms with Gasteiger partial charge >= 0.3 is 0 Å².